The van der Waals surface area contributed by atoms with Crippen LogP contribution in [-0.4, -0.2) is 30.5 Å². The quantitative estimate of drug-likeness (QED) is 0.704. The summed E-state index contributed by atoms with van der Waals surface area (Å²) in [5.74, 6) is 1.22. The van der Waals surface area contributed by atoms with Crippen LogP contribution in [-0.2, 0) is 9.53 Å². The van der Waals surface area contributed by atoms with Crippen LogP contribution in [0.5, 0.6) is 0 Å². The zero-order valence-electron chi connectivity index (χ0n) is 8.95. The van der Waals surface area contributed by atoms with E-state index in [-0.39, 0.29) is 5.91 Å². The summed E-state index contributed by atoms with van der Waals surface area (Å²) in [7, 11) is 0. The molecule has 0 spiro atoms. The number of rotatable bonds is 4. The molecule has 1 fully saturated rings. The van der Waals surface area contributed by atoms with Crippen molar-refractivity contribution in [3.63, 3.8) is 0 Å². The summed E-state index contributed by atoms with van der Waals surface area (Å²) in [4.78, 5) is 13.2. The first-order valence-corrected chi connectivity index (χ1v) is 5.63. The van der Waals surface area contributed by atoms with Crippen molar-refractivity contribution < 1.29 is 9.53 Å². The number of carbonyl (C=O) groups excluding carboxylic acids is 1. The Balaban J connectivity index is 1.68. The Morgan fingerprint density at radius 3 is 3.00 bits per heavy atom. The molecule has 0 N–H and O–H groups in total. The summed E-state index contributed by atoms with van der Waals surface area (Å²) in [6.07, 6.45) is 10.1. The lowest BCUT2D eigenvalue weighted by Gasteiger charge is -2.16. The normalized spacial score (nSPS) is 20.7. The second kappa shape index (κ2) is 5.01. The van der Waals surface area contributed by atoms with Crippen LogP contribution in [0.1, 0.15) is 25.7 Å². The highest BCUT2D eigenvalue weighted by Crippen LogP contribution is 2.12. The minimum Gasteiger partial charge on any atom is -0.492 e. The Labute approximate surface area is 90.4 Å². The second-order valence-electron chi connectivity index (χ2n) is 3.92. The Hall–Kier alpha value is -1.25. The van der Waals surface area contributed by atoms with Crippen LogP contribution in [0.4, 0.5) is 0 Å². The lowest BCUT2D eigenvalue weighted by molar-refractivity contribution is -0.128. The molecular weight excluding hydrogens is 190 g/mol. The molecule has 1 amide bonds. The summed E-state index contributed by atoms with van der Waals surface area (Å²) in [6.45, 7) is 2.24. The van der Waals surface area contributed by atoms with Gasteiger partial charge >= 0.3 is 0 Å². The van der Waals surface area contributed by atoms with E-state index < -0.39 is 0 Å². The molecule has 0 atom stereocenters. The van der Waals surface area contributed by atoms with E-state index in [4.69, 9.17) is 4.74 Å². The van der Waals surface area contributed by atoms with Crippen LogP contribution in [0.3, 0.4) is 0 Å². The van der Waals surface area contributed by atoms with Crippen LogP contribution < -0.4 is 0 Å². The number of amides is 1. The number of ether oxygens (including phenoxy) is 1. The molecule has 82 valence electrons. The number of allylic oxidation sites excluding steroid dienone is 3. The van der Waals surface area contributed by atoms with Gasteiger partial charge in [-0.25, -0.2) is 0 Å². The monoisotopic (exact) mass is 207 g/mol. The summed E-state index contributed by atoms with van der Waals surface area (Å²) in [5, 5.41) is 0. The maximum atomic E-state index is 11.3. The third kappa shape index (κ3) is 2.85. The number of nitrogens with zero attached hydrogens (tertiary/aromatic N) is 1. The van der Waals surface area contributed by atoms with E-state index in [9.17, 15) is 4.79 Å². The minimum absolute atomic E-state index is 0.270. The zero-order valence-corrected chi connectivity index (χ0v) is 8.95. The van der Waals surface area contributed by atoms with Gasteiger partial charge in [-0.05, 0) is 31.4 Å². The highest BCUT2D eigenvalue weighted by Gasteiger charge is 2.19. The van der Waals surface area contributed by atoms with Crippen LogP contribution in [0.15, 0.2) is 24.0 Å². The fourth-order valence-electron chi connectivity index (χ4n) is 1.91. The largest absolute Gasteiger partial charge is 0.492 e. The van der Waals surface area contributed by atoms with Gasteiger partial charge in [0.1, 0.15) is 12.4 Å². The number of likely N-dealkylation sites (tertiary alicyclic amines) is 1. The molecule has 3 nitrogen and oxygen atoms in total. The van der Waals surface area contributed by atoms with Gasteiger partial charge in [-0.15, -0.1) is 0 Å². The molecule has 2 aliphatic rings. The van der Waals surface area contributed by atoms with E-state index in [2.05, 4.69) is 12.2 Å². The molecule has 0 radical (unpaired) electrons. The highest BCUT2D eigenvalue weighted by molar-refractivity contribution is 5.78. The Morgan fingerprint density at radius 2 is 2.33 bits per heavy atom. The van der Waals surface area contributed by atoms with E-state index >= 15 is 0 Å². The number of hydrogen-bond acceptors (Lipinski definition) is 2. The van der Waals surface area contributed by atoms with Gasteiger partial charge in [-0.3, -0.25) is 4.79 Å². The number of hydrogen-bond donors (Lipinski definition) is 0. The smallest absolute Gasteiger partial charge is 0.222 e. The minimum atomic E-state index is 0.270. The van der Waals surface area contributed by atoms with E-state index in [0.717, 1.165) is 38.1 Å². The maximum absolute atomic E-state index is 11.3. The van der Waals surface area contributed by atoms with Gasteiger partial charge < -0.3 is 9.64 Å². The fraction of sp³-hybridized carbons (Fsp3) is 0.583. The first-order valence-electron chi connectivity index (χ1n) is 5.63. The zero-order chi connectivity index (χ0) is 10.5. The van der Waals surface area contributed by atoms with E-state index in [1.165, 1.54) is 0 Å². The average Bonchev–Trinajstić information content (AvgIpc) is 2.66. The van der Waals surface area contributed by atoms with E-state index in [1.54, 1.807) is 0 Å². The van der Waals surface area contributed by atoms with Gasteiger partial charge in [0.25, 0.3) is 0 Å². The fourth-order valence-corrected chi connectivity index (χ4v) is 1.91. The molecule has 1 aliphatic heterocycles. The highest BCUT2D eigenvalue weighted by atomic mass is 16.5. The maximum Gasteiger partial charge on any atom is 0.222 e. The van der Waals surface area contributed by atoms with Crippen molar-refractivity contribution >= 4 is 5.91 Å². The molecule has 0 aromatic heterocycles. The lowest BCUT2D eigenvalue weighted by atomic mass is 10.2. The molecule has 2 rings (SSSR count). The van der Waals surface area contributed by atoms with E-state index in [0.29, 0.717) is 13.0 Å². The molecule has 0 aromatic rings. The van der Waals surface area contributed by atoms with Crippen LogP contribution >= 0.6 is 0 Å². The Morgan fingerprint density at radius 1 is 1.40 bits per heavy atom. The summed E-state index contributed by atoms with van der Waals surface area (Å²) >= 11 is 0. The van der Waals surface area contributed by atoms with Crippen LogP contribution in [0.25, 0.3) is 0 Å². The van der Waals surface area contributed by atoms with Crippen molar-refractivity contribution in [2.24, 2.45) is 0 Å². The number of carbonyl (C=O) groups is 1. The summed E-state index contributed by atoms with van der Waals surface area (Å²) < 4.78 is 5.57. The van der Waals surface area contributed by atoms with Crippen molar-refractivity contribution in [2.75, 3.05) is 19.7 Å². The third-order valence-corrected chi connectivity index (χ3v) is 2.76. The molecule has 1 heterocycles. The average molecular weight is 207 g/mol. The van der Waals surface area contributed by atoms with Crippen molar-refractivity contribution in [2.45, 2.75) is 25.7 Å². The van der Waals surface area contributed by atoms with Gasteiger partial charge in [0.05, 0.1) is 6.54 Å². The van der Waals surface area contributed by atoms with Gasteiger partial charge in [-0.1, -0.05) is 6.08 Å². The standard InChI is InChI=1S/C12H17NO2/c14-12-7-4-8-13(12)9-10-15-11-5-2-1-3-6-11/h2,5-6H,1,3-4,7-10H2. The third-order valence-electron chi connectivity index (χ3n) is 2.76. The van der Waals surface area contributed by atoms with Gasteiger partial charge in [0.2, 0.25) is 5.91 Å². The lowest BCUT2D eigenvalue weighted by Crippen LogP contribution is -2.28. The predicted molar refractivity (Wildman–Crippen MR) is 58.2 cm³/mol. The topological polar surface area (TPSA) is 29.5 Å². The molecular formula is C12H17NO2. The molecule has 15 heavy (non-hydrogen) atoms. The molecule has 1 aliphatic carbocycles. The van der Waals surface area contributed by atoms with Crippen molar-refractivity contribution in [3.05, 3.63) is 24.0 Å². The first-order chi connectivity index (χ1) is 7.36. The first kappa shape index (κ1) is 10.3. The van der Waals surface area contributed by atoms with E-state index in [1.807, 2.05) is 11.0 Å². The Kier molecular flexibility index (Phi) is 3.43. The molecule has 3 heteroatoms. The summed E-state index contributed by atoms with van der Waals surface area (Å²) in [6, 6.07) is 0. The van der Waals surface area contributed by atoms with Gasteiger partial charge in [0.15, 0.2) is 0 Å². The second-order valence-corrected chi connectivity index (χ2v) is 3.92. The van der Waals surface area contributed by atoms with Crippen LogP contribution in [0.2, 0.25) is 0 Å². The van der Waals surface area contributed by atoms with Crippen molar-refractivity contribution in [1.82, 2.24) is 4.90 Å². The molecule has 0 unspecified atom stereocenters. The van der Waals surface area contributed by atoms with Crippen molar-refractivity contribution in [1.29, 1.82) is 0 Å². The van der Waals surface area contributed by atoms with Crippen molar-refractivity contribution in [3.8, 4) is 0 Å². The predicted octanol–water partition coefficient (Wildman–Crippen LogP) is 1.86. The Bertz CT molecular complexity index is 294. The molecule has 0 saturated carbocycles. The summed E-state index contributed by atoms with van der Waals surface area (Å²) in [5.41, 5.74) is 0. The van der Waals surface area contributed by atoms with Crippen LogP contribution in [0, 0.1) is 0 Å². The van der Waals surface area contributed by atoms with Gasteiger partial charge in [-0.2, -0.15) is 0 Å². The molecule has 1 saturated heterocycles. The molecule has 0 bridgehead atoms. The molecule has 0 aromatic carbocycles. The SMILES string of the molecule is O=C1CCCN1CCOC1=CCCC=C1. The van der Waals surface area contributed by atoms with Gasteiger partial charge in [0, 0.05) is 13.0 Å².